The maximum atomic E-state index is 11.3. The van der Waals surface area contributed by atoms with E-state index in [1.54, 1.807) is 24.5 Å². The van der Waals surface area contributed by atoms with E-state index in [9.17, 15) is 9.90 Å². The Morgan fingerprint density at radius 3 is 2.61 bits per heavy atom. The number of aliphatic carboxylic acids is 1. The highest BCUT2D eigenvalue weighted by Crippen LogP contribution is 2.23. The van der Waals surface area contributed by atoms with Crippen LogP contribution in [0.4, 0.5) is 0 Å². The van der Waals surface area contributed by atoms with E-state index >= 15 is 0 Å². The molecular formula is C13H11BrN2O2. The molecule has 0 aliphatic rings. The van der Waals surface area contributed by atoms with Crippen LogP contribution in [0, 0.1) is 0 Å². The molecule has 0 amide bonds. The second kappa shape index (κ2) is 5.73. The van der Waals surface area contributed by atoms with Gasteiger partial charge >= 0.3 is 5.97 Å². The summed E-state index contributed by atoms with van der Waals surface area (Å²) < 4.78 is 0.861. The fourth-order valence-corrected chi connectivity index (χ4v) is 2.11. The second-order valence-corrected chi connectivity index (χ2v) is 4.73. The van der Waals surface area contributed by atoms with Crippen LogP contribution in [-0.4, -0.2) is 21.0 Å². The van der Waals surface area contributed by atoms with Gasteiger partial charge in [-0.2, -0.15) is 0 Å². The fraction of sp³-hybridized carbons (Fsp3) is 0.154. The summed E-state index contributed by atoms with van der Waals surface area (Å²) in [6.45, 7) is 0. The van der Waals surface area contributed by atoms with Crippen LogP contribution in [0.25, 0.3) is 0 Å². The zero-order valence-electron chi connectivity index (χ0n) is 9.45. The monoisotopic (exact) mass is 306 g/mol. The van der Waals surface area contributed by atoms with Crippen LogP contribution in [-0.2, 0) is 11.2 Å². The molecule has 4 nitrogen and oxygen atoms in total. The summed E-state index contributed by atoms with van der Waals surface area (Å²) in [5, 5.41) is 9.31. The van der Waals surface area contributed by atoms with Crippen LogP contribution in [0.1, 0.15) is 17.3 Å². The lowest BCUT2D eigenvalue weighted by Crippen LogP contribution is -2.15. The van der Waals surface area contributed by atoms with Crippen molar-refractivity contribution in [2.75, 3.05) is 0 Å². The number of nitrogens with zero attached hydrogens (tertiary/aromatic N) is 2. The van der Waals surface area contributed by atoms with E-state index in [4.69, 9.17) is 0 Å². The molecule has 2 rings (SSSR count). The summed E-state index contributed by atoms with van der Waals surface area (Å²) in [6.07, 6.45) is 3.51. The molecule has 5 heteroatoms. The van der Waals surface area contributed by atoms with Gasteiger partial charge in [-0.1, -0.05) is 28.1 Å². The summed E-state index contributed by atoms with van der Waals surface area (Å²) in [6, 6.07) is 9.00. The SMILES string of the molecule is O=C(O)C(Cc1ncccn1)c1cccc(Br)c1. The molecule has 18 heavy (non-hydrogen) atoms. The Kier molecular flexibility index (Phi) is 4.04. The molecule has 1 aromatic carbocycles. The smallest absolute Gasteiger partial charge is 0.311 e. The third-order valence-corrected chi connectivity index (χ3v) is 3.05. The third-order valence-electron chi connectivity index (χ3n) is 2.56. The Hall–Kier alpha value is -1.75. The lowest BCUT2D eigenvalue weighted by atomic mass is 9.95. The number of hydrogen-bond donors (Lipinski definition) is 1. The lowest BCUT2D eigenvalue weighted by molar-refractivity contribution is -0.138. The quantitative estimate of drug-likeness (QED) is 0.943. The van der Waals surface area contributed by atoms with Gasteiger partial charge in [0.15, 0.2) is 0 Å². The van der Waals surface area contributed by atoms with Crippen LogP contribution in [0.2, 0.25) is 0 Å². The van der Waals surface area contributed by atoms with E-state index < -0.39 is 11.9 Å². The Bertz CT molecular complexity index is 546. The minimum atomic E-state index is -0.874. The van der Waals surface area contributed by atoms with Gasteiger partial charge in [0.2, 0.25) is 0 Å². The number of halogens is 1. The minimum absolute atomic E-state index is 0.284. The first-order valence-electron chi connectivity index (χ1n) is 5.41. The molecule has 0 aliphatic carbocycles. The average Bonchev–Trinajstić information content (AvgIpc) is 2.37. The van der Waals surface area contributed by atoms with Gasteiger partial charge in [0.1, 0.15) is 5.82 Å². The van der Waals surface area contributed by atoms with E-state index in [-0.39, 0.29) is 6.42 Å². The lowest BCUT2D eigenvalue weighted by Gasteiger charge is -2.12. The van der Waals surface area contributed by atoms with Crippen molar-refractivity contribution in [3.8, 4) is 0 Å². The molecule has 1 N–H and O–H groups in total. The van der Waals surface area contributed by atoms with Crippen molar-refractivity contribution in [2.24, 2.45) is 0 Å². The Morgan fingerprint density at radius 1 is 1.28 bits per heavy atom. The van der Waals surface area contributed by atoms with Gasteiger partial charge in [-0.25, -0.2) is 9.97 Å². The molecule has 0 saturated carbocycles. The highest BCUT2D eigenvalue weighted by molar-refractivity contribution is 9.10. The minimum Gasteiger partial charge on any atom is -0.481 e. The summed E-state index contributed by atoms with van der Waals surface area (Å²) in [7, 11) is 0. The average molecular weight is 307 g/mol. The molecule has 0 radical (unpaired) electrons. The van der Waals surface area contributed by atoms with E-state index in [2.05, 4.69) is 25.9 Å². The van der Waals surface area contributed by atoms with Gasteiger partial charge in [-0.15, -0.1) is 0 Å². The first kappa shape index (κ1) is 12.7. The molecule has 2 aromatic rings. The molecule has 0 fully saturated rings. The van der Waals surface area contributed by atoms with Gasteiger partial charge in [-0.3, -0.25) is 4.79 Å². The molecule has 92 valence electrons. The zero-order chi connectivity index (χ0) is 13.0. The molecule has 1 unspecified atom stereocenters. The highest BCUT2D eigenvalue weighted by atomic mass is 79.9. The van der Waals surface area contributed by atoms with Gasteiger partial charge < -0.3 is 5.11 Å². The van der Waals surface area contributed by atoms with Crippen molar-refractivity contribution in [2.45, 2.75) is 12.3 Å². The van der Waals surface area contributed by atoms with Crippen molar-refractivity contribution < 1.29 is 9.90 Å². The number of carboxylic acids is 1. The standard InChI is InChI=1S/C13H11BrN2O2/c14-10-4-1-3-9(7-10)11(13(17)18)8-12-15-5-2-6-16-12/h1-7,11H,8H2,(H,17,18). The maximum absolute atomic E-state index is 11.3. The van der Waals surface area contributed by atoms with Gasteiger partial charge in [-0.05, 0) is 23.8 Å². The van der Waals surface area contributed by atoms with Crippen LogP contribution >= 0.6 is 15.9 Å². The van der Waals surface area contributed by atoms with E-state index in [1.807, 2.05) is 18.2 Å². The molecule has 0 bridgehead atoms. The van der Waals surface area contributed by atoms with Crippen LogP contribution < -0.4 is 0 Å². The number of aromatic nitrogens is 2. The van der Waals surface area contributed by atoms with Crippen LogP contribution in [0.15, 0.2) is 47.2 Å². The Labute approximate surface area is 113 Å². The number of rotatable bonds is 4. The third kappa shape index (κ3) is 3.13. The molecule has 0 saturated heterocycles. The molecule has 0 aliphatic heterocycles. The predicted molar refractivity (Wildman–Crippen MR) is 70.3 cm³/mol. The summed E-state index contributed by atoms with van der Waals surface area (Å²) in [5.74, 6) is -0.977. The predicted octanol–water partition coefficient (Wildman–Crippen LogP) is 2.65. The normalized spacial score (nSPS) is 12.1. The number of carboxylic acid groups (broad SMARTS) is 1. The number of benzene rings is 1. The van der Waals surface area contributed by atoms with Gasteiger partial charge in [0.25, 0.3) is 0 Å². The Balaban J connectivity index is 2.27. The first-order chi connectivity index (χ1) is 8.66. The molecule has 0 spiro atoms. The zero-order valence-corrected chi connectivity index (χ0v) is 11.0. The van der Waals surface area contributed by atoms with Crippen molar-refractivity contribution in [1.29, 1.82) is 0 Å². The first-order valence-corrected chi connectivity index (χ1v) is 6.20. The molecule has 1 aromatic heterocycles. The number of carbonyl (C=O) groups is 1. The molecule has 1 heterocycles. The van der Waals surface area contributed by atoms with Crippen molar-refractivity contribution in [1.82, 2.24) is 9.97 Å². The topological polar surface area (TPSA) is 63.1 Å². The number of hydrogen-bond acceptors (Lipinski definition) is 3. The molecule has 1 atom stereocenters. The Morgan fingerprint density at radius 2 is 2.00 bits per heavy atom. The van der Waals surface area contributed by atoms with Crippen LogP contribution in [0.5, 0.6) is 0 Å². The van der Waals surface area contributed by atoms with E-state index in [0.717, 1.165) is 10.0 Å². The summed E-state index contributed by atoms with van der Waals surface area (Å²) in [4.78, 5) is 19.5. The van der Waals surface area contributed by atoms with Crippen molar-refractivity contribution >= 4 is 21.9 Å². The molecular weight excluding hydrogens is 296 g/mol. The maximum Gasteiger partial charge on any atom is 0.311 e. The van der Waals surface area contributed by atoms with E-state index in [0.29, 0.717) is 5.82 Å². The van der Waals surface area contributed by atoms with Crippen molar-refractivity contribution in [3.05, 3.63) is 58.6 Å². The second-order valence-electron chi connectivity index (χ2n) is 3.81. The summed E-state index contributed by atoms with van der Waals surface area (Å²) >= 11 is 3.34. The van der Waals surface area contributed by atoms with Crippen LogP contribution in [0.3, 0.4) is 0 Å². The summed E-state index contributed by atoms with van der Waals surface area (Å²) in [5.41, 5.74) is 0.740. The van der Waals surface area contributed by atoms with Gasteiger partial charge in [0, 0.05) is 23.3 Å². The fourth-order valence-electron chi connectivity index (χ4n) is 1.69. The highest BCUT2D eigenvalue weighted by Gasteiger charge is 2.21. The van der Waals surface area contributed by atoms with Gasteiger partial charge in [0.05, 0.1) is 5.92 Å². The van der Waals surface area contributed by atoms with Crippen molar-refractivity contribution in [3.63, 3.8) is 0 Å². The largest absolute Gasteiger partial charge is 0.481 e. The van der Waals surface area contributed by atoms with E-state index in [1.165, 1.54) is 0 Å².